The maximum absolute atomic E-state index is 11.4. The van der Waals surface area contributed by atoms with Gasteiger partial charge in [-0.3, -0.25) is 4.79 Å². The summed E-state index contributed by atoms with van der Waals surface area (Å²) in [5.74, 6) is -1.50. The normalized spacial score (nSPS) is 12.0. The number of carboxylic acid groups (broad SMARTS) is 1. The molecule has 0 aliphatic rings. The van der Waals surface area contributed by atoms with Gasteiger partial charge in [-0.1, -0.05) is 30.3 Å². The van der Waals surface area contributed by atoms with Gasteiger partial charge in [0.15, 0.2) is 0 Å². The summed E-state index contributed by atoms with van der Waals surface area (Å²) < 4.78 is 0. The minimum absolute atomic E-state index is 0.328. The summed E-state index contributed by atoms with van der Waals surface area (Å²) in [4.78, 5) is 31.6. The first-order valence-corrected chi connectivity index (χ1v) is 7.99. The fourth-order valence-electron chi connectivity index (χ4n) is 2.38. The number of hydrogen-bond acceptors (Lipinski definition) is 6. The van der Waals surface area contributed by atoms with Crippen LogP contribution in [0, 0.1) is 0 Å². The third kappa shape index (κ3) is 3.18. The number of nitrogens with zero attached hydrogens (tertiary/aromatic N) is 2. The molecule has 4 N–H and O–H groups in total. The molecule has 0 bridgehead atoms. The molecule has 0 saturated heterocycles. The molecule has 1 amide bonds. The largest absolute Gasteiger partial charge is 0.480 e. The van der Waals surface area contributed by atoms with Crippen molar-refractivity contribution >= 4 is 39.2 Å². The van der Waals surface area contributed by atoms with Crippen LogP contribution >= 0.6 is 11.3 Å². The highest BCUT2D eigenvalue weighted by Crippen LogP contribution is 2.36. The lowest BCUT2D eigenvalue weighted by atomic mass is 10.1. The van der Waals surface area contributed by atoms with E-state index >= 15 is 0 Å². The van der Waals surface area contributed by atoms with Gasteiger partial charge >= 0.3 is 5.97 Å². The third-order valence-electron chi connectivity index (χ3n) is 3.47. The van der Waals surface area contributed by atoms with E-state index in [2.05, 4.69) is 15.3 Å². The van der Waals surface area contributed by atoms with E-state index in [1.165, 1.54) is 17.7 Å². The predicted molar refractivity (Wildman–Crippen MR) is 91.7 cm³/mol. The maximum Gasteiger partial charge on any atom is 0.326 e. The Balaban J connectivity index is 2.06. The molecule has 7 nitrogen and oxygen atoms in total. The second-order valence-corrected chi connectivity index (χ2v) is 5.98. The molecule has 2 heterocycles. The lowest BCUT2D eigenvalue weighted by Gasteiger charge is -2.14. The van der Waals surface area contributed by atoms with E-state index in [-0.39, 0.29) is 6.42 Å². The van der Waals surface area contributed by atoms with E-state index in [9.17, 15) is 14.7 Å². The third-order valence-corrected chi connectivity index (χ3v) is 4.36. The smallest absolute Gasteiger partial charge is 0.326 e. The number of anilines is 1. The number of benzene rings is 1. The molecule has 0 saturated carbocycles. The second-order valence-electron chi connectivity index (χ2n) is 5.12. The van der Waals surface area contributed by atoms with E-state index in [0.717, 1.165) is 21.3 Å². The van der Waals surface area contributed by atoms with Gasteiger partial charge in [0.05, 0.1) is 11.8 Å². The van der Waals surface area contributed by atoms with Crippen LogP contribution in [0.4, 0.5) is 5.82 Å². The number of amides is 1. The number of fused-ring (bicyclic) bond motifs is 1. The van der Waals surface area contributed by atoms with E-state index in [0.29, 0.717) is 5.82 Å². The molecule has 1 atom stereocenters. The molecule has 0 aliphatic heterocycles. The summed E-state index contributed by atoms with van der Waals surface area (Å²) in [5, 5.41) is 14.8. The number of rotatable bonds is 6. The van der Waals surface area contributed by atoms with Crippen molar-refractivity contribution < 1.29 is 14.7 Å². The van der Waals surface area contributed by atoms with Crippen molar-refractivity contribution in [2.75, 3.05) is 5.32 Å². The summed E-state index contributed by atoms with van der Waals surface area (Å²) >= 11 is 1.44. The quantitative estimate of drug-likeness (QED) is 0.631. The Morgan fingerprint density at radius 1 is 1.25 bits per heavy atom. The number of nitrogens with two attached hydrogens (primary N) is 1. The molecule has 3 aromatic rings. The Hall–Kier alpha value is -3.00. The first-order chi connectivity index (χ1) is 11.6. The van der Waals surface area contributed by atoms with Crippen LogP contribution < -0.4 is 11.1 Å². The molecular formula is C16H14N4O3S. The van der Waals surface area contributed by atoms with Crippen molar-refractivity contribution in [1.29, 1.82) is 0 Å². The van der Waals surface area contributed by atoms with Crippen molar-refractivity contribution in [1.82, 2.24) is 9.97 Å². The number of carbonyl (C=O) groups excluding carboxylic acids is 1. The van der Waals surface area contributed by atoms with Gasteiger partial charge in [0.25, 0.3) is 0 Å². The van der Waals surface area contributed by atoms with Crippen LogP contribution in [-0.2, 0) is 9.59 Å². The number of aromatic nitrogens is 2. The van der Waals surface area contributed by atoms with Gasteiger partial charge in [-0.25, -0.2) is 14.8 Å². The van der Waals surface area contributed by atoms with E-state index in [1.54, 1.807) is 0 Å². The van der Waals surface area contributed by atoms with Crippen molar-refractivity contribution in [3.63, 3.8) is 0 Å². The Morgan fingerprint density at radius 3 is 2.67 bits per heavy atom. The van der Waals surface area contributed by atoms with Gasteiger partial charge in [0.2, 0.25) is 5.91 Å². The minimum Gasteiger partial charge on any atom is -0.480 e. The molecule has 1 unspecified atom stereocenters. The van der Waals surface area contributed by atoms with Crippen LogP contribution in [0.15, 0.2) is 42.0 Å². The maximum atomic E-state index is 11.4. The molecular weight excluding hydrogens is 328 g/mol. The summed E-state index contributed by atoms with van der Waals surface area (Å²) in [7, 11) is 0. The highest BCUT2D eigenvalue weighted by Gasteiger charge is 2.22. The minimum atomic E-state index is -1.17. The molecule has 0 radical (unpaired) electrons. The first-order valence-electron chi connectivity index (χ1n) is 7.11. The number of carbonyl (C=O) groups is 2. The summed E-state index contributed by atoms with van der Waals surface area (Å²) in [6.45, 7) is 0. The zero-order valence-electron chi connectivity index (χ0n) is 12.5. The molecule has 1 aromatic carbocycles. The summed E-state index contributed by atoms with van der Waals surface area (Å²) in [5.41, 5.74) is 7.01. The fourth-order valence-corrected chi connectivity index (χ4v) is 3.30. The number of primary amides is 1. The average Bonchev–Trinajstić information content (AvgIpc) is 2.99. The zero-order chi connectivity index (χ0) is 17.1. The Bertz CT molecular complexity index is 895. The standard InChI is InChI=1S/C16H14N4O3S/c17-12(21)6-11(16(22)23)20-14-13-10(9-4-2-1-3-5-9)7-24-15(13)19-8-18-14/h1-5,7-8,11H,6H2,(H2,17,21)(H,22,23)(H,18,19,20). The number of aliphatic carboxylic acids is 1. The molecule has 3 rings (SSSR count). The number of carboxylic acids is 1. The van der Waals surface area contributed by atoms with Gasteiger partial charge in [0, 0.05) is 10.9 Å². The molecule has 0 fully saturated rings. The Morgan fingerprint density at radius 2 is 2.00 bits per heavy atom. The summed E-state index contributed by atoms with van der Waals surface area (Å²) in [6.07, 6.45) is 1.03. The molecule has 8 heteroatoms. The number of nitrogens with one attached hydrogen (secondary N) is 1. The average molecular weight is 342 g/mol. The second kappa shape index (κ2) is 6.63. The van der Waals surface area contributed by atoms with Crippen molar-refractivity contribution in [2.24, 2.45) is 5.73 Å². The van der Waals surface area contributed by atoms with Gasteiger partial charge in [-0.15, -0.1) is 11.3 Å². The van der Waals surface area contributed by atoms with Gasteiger partial charge in [0.1, 0.15) is 23.0 Å². The van der Waals surface area contributed by atoms with Gasteiger partial charge in [-0.05, 0) is 5.56 Å². The van der Waals surface area contributed by atoms with Crippen LogP contribution in [0.5, 0.6) is 0 Å². The highest BCUT2D eigenvalue weighted by molar-refractivity contribution is 7.17. The van der Waals surface area contributed by atoms with Gasteiger partial charge in [-0.2, -0.15) is 0 Å². The van der Waals surface area contributed by atoms with Crippen LogP contribution in [0.2, 0.25) is 0 Å². The van der Waals surface area contributed by atoms with E-state index < -0.39 is 17.9 Å². The van der Waals surface area contributed by atoms with E-state index in [1.807, 2.05) is 35.7 Å². The van der Waals surface area contributed by atoms with Gasteiger partial charge < -0.3 is 16.2 Å². The Kier molecular flexibility index (Phi) is 4.39. The molecule has 0 spiro atoms. The molecule has 0 aliphatic carbocycles. The molecule has 2 aromatic heterocycles. The molecule has 24 heavy (non-hydrogen) atoms. The summed E-state index contributed by atoms with van der Waals surface area (Å²) in [6, 6.07) is 8.52. The van der Waals surface area contributed by atoms with Crippen LogP contribution in [-0.4, -0.2) is 33.0 Å². The van der Waals surface area contributed by atoms with Crippen LogP contribution in [0.25, 0.3) is 21.3 Å². The number of hydrogen-bond donors (Lipinski definition) is 3. The topological polar surface area (TPSA) is 118 Å². The lowest BCUT2D eigenvalue weighted by molar-refractivity contribution is -0.139. The van der Waals surface area contributed by atoms with Crippen molar-refractivity contribution in [3.8, 4) is 11.1 Å². The SMILES string of the molecule is NC(=O)CC(Nc1ncnc2scc(-c3ccccc3)c12)C(=O)O. The zero-order valence-corrected chi connectivity index (χ0v) is 13.3. The Labute approximate surface area is 141 Å². The van der Waals surface area contributed by atoms with Crippen LogP contribution in [0.1, 0.15) is 6.42 Å². The lowest BCUT2D eigenvalue weighted by Crippen LogP contribution is -2.34. The fraction of sp³-hybridized carbons (Fsp3) is 0.125. The van der Waals surface area contributed by atoms with Crippen molar-refractivity contribution in [3.05, 3.63) is 42.0 Å². The number of thiophene rings is 1. The van der Waals surface area contributed by atoms with E-state index in [4.69, 9.17) is 5.73 Å². The van der Waals surface area contributed by atoms with Crippen LogP contribution in [0.3, 0.4) is 0 Å². The highest BCUT2D eigenvalue weighted by atomic mass is 32.1. The first kappa shape index (κ1) is 15.9. The predicted octanol–water partition coefficient (Wildman–Crippen LogP) is 2.10. The van der Waals surface area contributed by atoms with Crippen molar-refractivity contribution in [2.45, 2.75) is 12.5 Å². The molecule has 122 valence electrons. The monoisotopic (exact) mass is 342 g/mol.